The molecule has 2 aliphatic carbocycles. The normalized spacial score (nSPS) is 24.8. The second-order valence-electron chi connectivity index (χ2n) is 10.3. The number of carbonyl (C=O) groups excluding carboxylic acids is 1. The van der Waals surface area contributed by atoms with Crippen molar-refractivity contribution in [3.05, 3.63) is 0 Å². The van der Waals surface area contributed by atoms with E-state index in [2.05, 4.69) is 32.3 Å². The quantitative estimate of drug-likeness (QED) is 0.278. The molecule has 0 unspecified atom stereocenters. The molecule has 2 heterocycles. The second kappa shape index (κ2) is 14.1. The maximum absolute atomic E-state index is 12.4. The van der Waals surface area contributed by atoms with Gasteiger partial charge in [0.15, 0.2) is 5.96 Å². The van der Waals surface area contributed by atoms with Gasteiger partial charge in [0.05, 0.1) is 6.54 Å². The van der Waals surface area contributed by atoms with Gasteiger partial charge in [-0.15, -0.1) is 24.0 Å². The van der Waals surface area contributed by atoms with Crippen molar-refractivity contribution in [2.24, 2.45) is 10.9 Å². The van der Waals surface area contributed by atoms with Crippen LogP contribution in [0.25, 0.3) is 0 Å². The second-order valence-corrected chi connectivity index (χ2v) is 10.3. The molecule has 0 aromatic heterocycles. The third-order valence-corrected chi connectivity index (χ3v) is 8.13. The van der Waals surface area contributed by atoms with Crippen LogP contribution in [0.1, 0.15) is 71.1 Å². The molecule has 1 amide bonds. The van der Waals surface area contributed by atoms with Crippen LogP contribution >= 0.6 is 24.0 Å². The Morgan fingerprint density at radius 3 is 2.18 bits per heavy atom. The number of hydrogen-bond donors (Lipinski definition) is 2. The number of nitrogens with zero attached hydrogens (tertiary/aromatic N) is 4. The number of rotatable bonds is 7. The van der Waals surface area contributed by atoms with Gasteiger partial charge in [-0.3, -0.25) is 14.7 Å². The Morgan fingerprint density at radius 1 is 0.879 bits per heavy atom. The molecule has 0 atom stereocenters. The SMILES string of the molecule is CCNC(=NCCN1CCN(C(=O)C2CCC2)CC1)NC1CCN(C2CCCCC2)CC1.I. The van der Waals surface area contributed by atoms with Gasteiger partial charge in [0.25, 0.3) is 0 Å². The van der Waals surface area contributed by atoms with Gasteiger partial charge in [0.1, 0.15) is 0 Å². The summed E-state index contributed by atoms with van der Waals surface area (Å²) in [4.78, 5) is 24.6. The zero-order chi connectivity index (χ0) is 22.2. The molecule has 2 aliphatic heterocycles. The zero-order valence-corrected chi connectivity index (χ0v) is 23.1. The van der Waals surface area contributed by atoms with Crippen LogP contribution in [0.5, 0.6) is 0 Å². The summed E-state index contributed by atoms with van der Waals surface area (Å²) >= 11 is 0. The Bertz CT molecular complexity index is 606. The van der Waals surface area contributed by atoms with Crippen molar-refractivity contribution >= 4 is 35.8 Å². The third-order valence-electron chi connectivity index (χ3n) is 8.13. The summed E-state index contributed by atoms with van der Waals surface area (Å²) in [7, 11) is 0. The summed E-state index contributed by atoms with van der Waals surface area (Å²) in [6.45, 7) is 11.0. The summed E-state index contributed by atoms with van der Waals surface area (Å²) < 4.78 is 0. The number of likely N-dealkylation sites (tertiary alicyclic amines) is 1. The predicted molar refractivity (Wildman–Crippen MR) is 146 cm³/mol. The van der Waals surface area contributed by atoms with Crippen LogP contribution in [-0.4, -0.2) is 97.6 Å². The van der Waals surface area contributed by atoms with Crippen LogP contribution in [0.2, 0.25) is 0 Å². The number of guanidine groups is 1. The van der Waals surface area contributed by atoms with E-state index in [4.69, 9.17) is 4.99 Å². The standard InChI is InChI=1S/C25H46N6O.HI/c1-2-26-25(28-22-11-14-30(15-12-22)23-9-4-3-5-10-23)27-13-16-29-17-19-31(20-18-29)24(32)21-7-6-8-21;/h21-23H,2-20H2,1H3,(H2,26,27,28);1H. The molecule has 0 bridgehead atoms. The van der Waals surface area contributed by atoms with E-state index in [1.807, 2.05) is 0 Å². The topological polar surface area (TPSA) is 63.2 Å². The summed E-state index contributed by atoms with van der Waals surface area (Å²) in [5.74, 6) is 1.71. The lowest BCUT2D eigenvalue weighted by molar-refractivity contribution is -0.139. The van der Waals surface area contributed by atoms with Crippen LogP contribution in [0.3, 0.4) is 0 Å². The first-order chi connectivity index (χ1) is 15.7. The molecule has 190 valence electrons. The predicted octanol–water partition coefficient (Wildman–Crippen LogP) is 2.90. The highest BCUT2D eigenvalue weighted by Crippen LogP contribution is 2.28. The van der Waals surface area contributed by atoms with Crippen molar-refractivity contribution in [3.63, 3.8) is 0 Å². The van der Waals surface area contributed by atoms with Crippen molar-refractivity contribution in [1.29, 1.82) is 0 Å². The molecule has 4 rings (SSSR count). The molecular weight excluding hydrogens is 527 g/mol. The van der Waals surface area contributed by atoms with E-state index in [0.717, 1.165) is 70.7 Å². The van der Waals surface area contributed by atoms with Crippen molar-refractivity contribution in [2.75, 3.05) is 58.9 Å². The first kappa shape index (κ1) is 27.0. The number of carbonyl (C=O) groups is 1. The highest BCUT2D eigenvalue weighted by molar-refractivity contribution is 14.0. The summed E-state index contributed by atoms with van der Waals surface area (Å²) in [5, 5.41) is 7.15. The van der Waals surface area contributed by atoms with E-state index in [9.17, 15) is 4.79 Å². The van der Waals surface area contributed by atoms with Crippen LogP contribution in [0.15, 0.2) is 4.99 Å². The Kier molecular flexibility index (Phi) is 11.5. The molecular formula is C25H47IN6O. The first-order valence-corrected chi connectivity index (χ1v) is 13.5. The van der Waals surface area contributed by atoms with E-state index in [1.54, 1.807) is 0 Å². The van der Waals surface area contributed by atoms with Gasteiger partial charge < -0.3 is 20.4 Å². The minimum atomic E-state index is 0. The molecule has 7 nitrogen and oxygen atoms in total. The van der Waals surface area contributed by atoms with Crippen LogP contribution < -0.4 is 10.6 Å². The molecule has 4 fully saturated rings. The number of piperazine rings is 1. The highest BCUT2D eigenvalue weighted by atomic mass is 127. The largest absolute Gasteiger partial charge is 0.357 e. The number of nitrogens with one attached hydrogen (secondary N) is 2. The Labute approximate surface area is 218 Å². The lowest BCUT2D eigenvalue weighted by Gasteiger charge is -2.39. The number of piperidine rings is 1. The summed E-state index contributed by atoms with van der Waals surface area (Å²) in [6.07, 6.45) is 13.0. The van der Waals surface area contributed by atoms with Crippen LogP contribution in [0.4, 0.5) is 0 Å². The monoisotopic (exact) mass is 574 g/mol. The van der Waals surface area contributed by atoms with Gasteiger partial charge in [-0.2, -0.15) is 0 Å². The van der Waals surface area contributed by atoms with E-state index >= 15 is 0 Å². The van der Waals surface area contributed by atoms with Crippen LogP contribution in [-0.2, 0) is 4.79 Å². The van der Waals surface area contributed by atoms with E-state index in [0.29, 0.717) is 17.9 Å². The molecule has 8 heteroatoms. The van der Waals surface area contributed by atoms with Gasteiger partial charge in [0, 0.05) is 70.4 Å². The van der Waals surface area contributed by atoms with Gasteiger partial charge in [-0.1, -0.05) is 25.7 Å². The van der Waals surface area contributed by atoms with Crippen molar-refractivity contribution in [2.45, 2.75) is 83.2 Å². The summed E-state index contributed by atoms with van der Waals surface area (Å²) in [6, 6.07) is 1.38. The van der Waals surface area contributed by atoms with Gasteiger partial charge in [-0.05, 0) is 45.4 Å². The number of hydrogen-bond acceptors (Lipinski definition) is 4. The third kappa shape index (κ3) is 7.95. The van der Waals surface area contributed by atoms with E-state index < -0.39 is 0 Å². The Hall–Kier alpha value is -0.610. The van der Waals surface area contributed by atoms with Gasteiger partial charge >= 0.3 is 0 Å². The molecule has 2 saturated carbocycles. The van der Waals surface area contributed by atoms with Crippen molar-refractivity contribution in [1.82, 2.24) is 25.3 Å². The molecule has 0 aromatic rings. The molecule has 2 saturated heterocycles. The molecule has 2 N–H and O–H groups in total. The number of aliphatic imine (C=N–C) groups is 1. The lowest BCUT2D eigenvalue weighted by atomic mass is 9.84. The van der Waals surface area contributed by atoms with E-state index in [1.165, 1.54) is 64.5 Å². The smallest absolute Gasteiger partial charge is 0.225 e. The molecule has 0 aromatic carbocycles. The highest BCUT2D eigenvalue weighted by Gasteiger charge is 2.31. The fraction of sp³-hybridized carbons (Fsp3) is 0.920. The van der Waals surface area contributed by atoms with Gasteiger partial charge in [0.2, 0.25) is 5.91 Å². The van der Waals surface area contributed by atoms with E-state index in [-0.39, 0.29) is 24.0 Å². The van der Waals surface area contributed by atoms with Gasteiger partial charge in [-0.25, -0.2) is 0 Å². The minimum Gasteiger partial charge on any atom is -0.357 e. The number of amides is 1. The fourth-order valence-corrected chi connectivity index (χ4v) is 5.78. The number of halogens is 1. The zero-order valence-electron chi connectivity index (χ0n) is 20.8. The molecule has 33 heavy (non-hydrogen) atoms. The molecule has 4 aliphatic rings. The van der Waals surface area contributed by atoms with Crippen molar-refractivity contribution in [3.8, 4) is 0 Å². The van der Waals surface area contributed by atoms with Crippen molar-refractivity contribution < 1.29 is 4.79 Å². The Morgan fingerprint density at radius 2 is 1.58 bits per heavy atom. The maximum Gasteiger partial charge on any atom is 0.225 e. The lowest BCUT2D eigenvalue weighted by Crippen LogP contribution is -2.52. The minimum absolute atomic E-state index is 0. The molecule has 0 spiro atoms. The van der Waals surface area contributed by atoms with Crippen LogP contribution in [0, 0.1) is 5.92 Å². The average molecular weight is 575 g/mol. The first-order valence-electron chi connectivity index (χ1n) is 13.5. The Balaban J connectivity index is 0.00000306. The average Bonchev–Trinajstić information content (AvgIpc) is 2.79. The summed E-state index contributed by atoms with van der Waals surface area (Å²) in [5.41, 5.74) is 0. The maximum atomic E-state index is 12.4. The fourth-order valence-electron chi connectivity index (χ4n) is 5.78. The molecule has 0 radical (unpaired) electrons.